The lowest BCUT2D eigenvalue weighted by atomic mass is 10.1. The maximum absolute atomic E-state index is 13.2. The van der Waals surface area contributed by atoms with Crippen molar-refractivity contribution in [2.24, 2.45) is 0 Å². The Morgan fingerprint density at radius 1 is 1.44 bits per heavy atom. The van der Waals surface area contributed by atoms with Crippen LogP contribution in [0.1, 0.15) is 30.9 Å². The zero-order valence-corrected chi connectivity index (χ0v) is 14.2. The molecular weight excluding hydrogens is 321 g/mol. The Labute approximate surface area is 144 Å². The number of nitriles is 1. The molecule has 0 unspecified atom stereocenters. The van der Waals surface area contributed by atoms with E-state index in [1.165, 1.54) is 6.08 Å². The Balaban J connectivity index is 2.46. The highest BCUT2D eigenvalue weighted by atomic mass is 19.1. The van der Waals surface area contributed by atoms with E-state index in [2.05, 4.69) is 26.7 Å². The first-order chi connectivity index (χ1) is 11.9. The molecule has 7 heteroatoms. The molecule has 0 saturated heterocycles. The number of aromatic nitrogens is 4. The summed E-state index contributed by atoms with van der Waals surface area (Å²) in [5, 5.41) is 26.2. The highest BCUT2D eigenvalue weighted by Crippen LogP contribution is 2.32. The van der Waals surface area contributed by atoms with Crippen molar-refractivity contribution in [3.8, 4) is 23.3 Å². The van der Waals surface area contributed by atoms with Crippen LogP contribution in [-0.4, -0.2) is 25.3 Å². The Bertz CT molecular complexity index is 937. The van der Waals surface area contributed by atoms with Crippen molar-refractivity contribution in [2.75, 3.05) is 0 Å². The number of imidazole rings is 1. The molecule has 128 valence electrons. The number of halogens is 1. The Kier molecular flexibility index (Phi) is 5.35. The second kappa shape index (κ2) is 7.45. The second-order valence-electron chi connectivity index (χ2n) is 5.34. The van der Waals surface area contributed by atoms with Gasteiger partial charge in [0.25, 0.3) is 0 Å². The Morgan fingerprint density at radius 3 is 2.76 bits per heavy atom. The van der Waals surface area contributed by atoms with Gasteiger partial charge in [-0.3, -0.25) is 5.10 Å². The summed E-state index contributed by atoms with van der Waals surface area (Å²) in [5.41, 5.74) is 2.28. The third-order valence-electron chi connectivity index (χ3n) is 3.51. The third kappa shape index (κ3) is 3.75. The van der Waals surface area contributed by atoms with E-state index in [0.29, 0.717) is 28.6 Å². The normalized spacial score (nSPS) is 12.6. The minimum atomic E-state index is -0.831. The average molecular weight is 339 g/mol. The van der Waals surface area contributed by atoms with E-state index in [4.69, 9.17) is 5.26 Å². The molecule has 2 heterocycles. The highest BCUT2D eigenvalue weighted by molar-refractivity contribution is 5.74. The molecule has 2 aromatic heterocycles. The van der Waals surface area contributed by atoms with E-state index in [0.717, 1.165) is 5.57 Å². The van der Waals surface area contributed by atoms with E-state index < -0.39 is 5.83 Å². The largest absolute Gasteiger partial charge is 0.504 e. The molecule has 0 bridgehead atoms. The first kappa shape index (κ1) is 17.9. The van der Waals surface area contributed by atoms with Gasteiger partial charge in [0, 0.05) is 5.69 Å². The van der Waals surface area contributed by atoms with Gasteiger partial charge in [-0.2, -0.15) is 10.4 Å². The van der Waals surface area contributed by atoms with E-state index in [1.807, 2.05) is 32.1 Å². The summed E-state index contributed by atoms with van der Waals surface area (Å²) >= 11 is 0. The summed E-state index contributed by atoms with van der Waals surface area (Å²) in [7, 11) is 0. The number of nitrogens with zero attached hydrogens (tertiary/aromatic N) is 3. The highest BCUT2D eigenvalue weighted by Gasteiger charge is 2.18. The predicted octanol–water partition coefficient (Wildman–Crippen LogP) is 4.18. The standard InChI is InChI=1S/C18H18FN5O/c1-5-6-7-10(2)15-17(25)16(24-23-15)18-21-12(4)14(22-18)8-13(9-20)11(3)19/h5-8,25H,3H2,1-2,4H3,(H,21,22)(H,23,24)/b6-5-,10-7+,13-8-. The quantitative estimate of drug-likeness (QED) is 0.561. The maximum Gasteiger partial charge on any atom is 0.172 e. The van der Waals surface area contributed by atoms with Crippen molar-refractivity contribution in [1.82, 2.24) is 20.2 Å². The van der Waals surface area contributed by atoms with Gasteiger partial charge in [0.15, 0.2) is 11.6 Å². The maximum atomic E-state index is 13.2. The fourth-order valence-electron chi connectivity index (χ4n) is 2.14. The number of allylic oxidation sites excluding steroid dienone is 6. The molecule has 0 radical (unpaired) electrons. The molecule has 0 aliphatic heterocycles. The minimum absolute atomic E-state index is 0.0436. The van der Waals surface area contributed by atoms with Crippen LogP contribution in [0.15, 0.2) is 36.2 Å². The van der Waals surface area contributed by atoms with Crippen LogP contribution in [0.5, 0.6) is 5.75 Å². The summed E-state index contributed by atoms with van der Waals surface area (Å²) in [6, 6.07) is 1.73. The van der Waals surface area contributed by atoms with Crippen molar-refractivity contribution in [3.63, 3.8) is 0 Å². The lowest BCUT2D eigenvalue weighted by molar-refractivity contribution is 0.475. The lowest BCUT2D eigenvalue weighted by Crippen LogP contribution is -1.83. The fraction of sp³-hybridized carbons (Fsp3) is 0.167. The van der Waals surface area contributed by atoms with Crippen LogP contribution >= 0.6 is 0 Å². The summed E-state index contributed by atoms with van der Waals surface area (Å²) in [4.78, 5) is 7.27. The smallest absolute Gasteiger partial charge is 0.172 e. The van der Waals surface area contributed by atoms with Crippen LogP contribution in [0.2, 0.25) is 0 Å². The van der Waals surface area contributed by atoms with Gasteiger partial charge in [-0.25, -0.2) is 9.37 Å². The second-order valence-corrected chi connectivity index (χ2v) is 5.34. The van der Waals surface area contributed by atoms with Crippen LogP contribution in [0.4, 0.5) is 4.39 Å². The number of rotatable bonds is 5. The van der Waals surface area contributed by atoms with Gasteiger partial charge in [-0.1, -0.05) is 24.8 Å². The number of hydrogen-bond donors (Lipinski definition) is 3. The first-order valence-electron chi connectivity index (χ1n) is 7.49. The summed E-state index contributed by atoms with van der Waals surface area (Å²) in [6.45, 7) is 8.56. The molecule has 0 aromatic carbocycles. The number of H-pyrrole nitrogens is 2. The van der Waals surface area contributed by atoms with Crippen LogP contribution in [0, 0.1) is 18.3 Å². The summed E-state index contributed by atoms with van der Waals surface area (Å²) in [6.07, 6.45) is 6.83. The van der Waals surface area contributed by atoms with Gasteiger partial charge >= 0.3 is 0 Å². The van der Waals surface area contributed by atoms with Crippen molar-refractivity contribution >= 4 is 11.6 Å². The number of aryl methyl sites for hydroxylation is 1. The van der Waals surface area contributed by atoms with Gasteiger partial charge < -0.3 is 10.1 Å². The number of hydrogen-bond acceptors (Lipinski definition) is 4. The molecule has 0 aliphatic rings. The molecule has 2 aromatic rings. The number of aromatic amines is 2. The Morgan fingerprint density at radius 2 is 2.16 bits per heavy atom. The Hall–Kier alpha value is -3.40. The zero-order chi connectivity index (χ0) is 18.6. The van der Waals surface area contributed by atoms with Crippen LogP contribution in [0.3, 0.4) is 0 Å². The molecule has 0 atom stereocenters. The summed E-state index contributed by atoms with van der Waals surface area (Å²) < 4.78 is 13.2. The molecule has 6 nitrogen and oxygen atoms in total. The van der Waals surface area contributed by atoms with E-state index in [-0.39, 0.29) is 11.3 Å². The molecule has 25 heavy (non-hydrogen) atoms. The van der Waals surface area contributed by atoms with Crippen molar-refractivity contribution in [2.45, 2.75) is 20.8 Å². The van der Waals surface area contributed by atoms with Gasteiger partial charge in [-0.15, -0.1) is 0 Å². The van der Waals surface area contributed by atoms with Crippen LogP contribution in [-0.2, 0) is 0 Å². The molecule has 2 rings (SSSR count). The average Bonchev–Trinajstić information content (AvgIpc) is 3.12. The van der Waals surface area contributed by atoms with Crippen molar-refractivity contribution in [3.05, 3.63) is 53.3 Å². The third-order valence-corrected chi connectivity index (χ3v) is 3.51. The first-order valence-corrected chi connectivity index (χ1v) is 7.49. The van der Waals surface area contributed by atoms with Gasteiger partial charge in [0.1, 0.15) is 23.3 Å². The molecule has 0 aliphatic carbocycles. The van der Waals surface area contributed by atoms with E-state index in [9.17, 15) is 9.50 Å². The molecule has 0 amide bonds. The molecular formula is C18H18FN5O. The van der Waals surface area contributed by atoms with Crippen LogP contribution in [0.25, 0.3) is 23.2 Å². The predicted molar refractivity (Wildman–Crippen MR) is 94.9 cm³/mol. The summed E-state index contributed by atoms with van der Waals surface area (Å²) in [5.74, 6) is -0.540. The monoisotopic (exact) mass is 339 g/mol. The van der Waals surface area contributed by atoms with E-state index in [1.54, 1.807) is 13.0 Å². The molecule has 3 N–H and O–H groups in total. The van der Waals surface area contributed by atoms with Crippen molar-refractivity contribution in [1.29, 1.82) is 5.26 Å². The topological polar surface area (TPSA) is 101 Å². The molecule has 0 fully saturated rings. The van der Waals surface area contributed by atoms with Gasteiger partial charge in [-0.05, 0) is 32.4 Å². The van der Waals surface area contributed by atoms with E-state index >= 15 is 0 Å². The SMILES string of the molecule is C=C(F)/C(C#N)=C\c1nc(-c2[nH]nc(/C(C)=C/C=C\C)c2O)[nH]c1C. The number of nitrogens with one attached hydrogen (secondary N) is 2. The molecule has 0 saturated carbocycles. The lowest BCUT2D eigenvalue weighted by Gasteiger charge is -1.96. The number of aromatic hydroxyl groups is 1. The van der Waals surface area contributed by atoms with Crippen LogP contribution < -0.4 is 0 Å². The fourth-order valence-corrected chi connectivity index (χ4v) is 2.14. The van der Waals surface area contributed by atoms with Gasteiger partial charge in [0.05, 0.1) is 11.3 Å². The van der Waals surface area contributed by atoms with Crippen molar-refractivity contribution < 1.29 is 9.50 Å². The minimum Gasteiger partial charge on any atom is -0.504 e. The molecule has 0 spiro atoms. The van der Waals surface area contributed by atoms with Gasteiger partial charge in [0.2, 0.25) is 0 Å². The zero-order valence-electron chi connectivity index (χ0n) is 14.2.